The lowest BCUT2D eigenvalue weighted by atomic mass is 9.70. The van der Waals surface area contributed by atoms with E-state index in [2.05, 4.69) is 4.99 Å². The Morgan fingerprint density at radius 3 is 2.64 bits per heavy atom. The summed E-state index contributed by atoms with van der Waals surface area (Å²) in [4.78, 5) is 4.11. The van der Waals surface area contributed by atoms with Crippen molar-refractivity contribution in [2.24, 2.45) is 16.8 Å². The van der Waals surface area contributed by atoms with Crippen molar-refractivity contribution >= 4 is 14.1 Å². The third-order valence-corrected chi connectivity index (χ3v) is 2.41. The molecule has 1 aliphatic rings. The Morgan fingerprint density at radius 2 is 2.18 bits per heavy atom. The number of rotatable bonds is 2. The van der Waals surface area contributed by atoms with E-state index in [-0.39, 0.29) is 25.0 Å². The van der Waals surface area contributed by atoms with Crippen LogP contribution in [0.3, 0.4) is 0 Å². The van der Waals surface area contributed by atoms with Gasteiger partial charge in [-0.15, -0.1) is 0 Å². The van der Waals surface area contributed by atoms with Crippen molar-refractivity contribution in [1.29, 1.82) is 0 Å². The summed E-state index contributed by atoms with van der Waals surface area (Å²) < 4.78 is 0. The Kier molecular flexibility index (Phi) is 3.08. The molecule has 62 valence electrons. The lowest BCUT2D eigenvalue weighted by molar-refractivity contribution is 0.125. The van der Waals surface area contributed by atoms with Crippen molar-refractivity contribution in [2.45, 2.75) is 5.82 Å². The number of aliphatic hydroxyl groups excluding tert-OH is 2. The Morgan fingerprint density at radius 1 is 1.45 bits per heavy atom. The summed E-state index contributed by atoms with van der Waals surface area (Å²) in [5.74, 6) is 0.642. The molecule has 0 fully saturated rings. The minimum atomic E-state index is 0.132. The zero-order valence-electron chi connectivity index (χ0n) is 6.77. The Bertz CT molecular complexity index is 151. The van der Waals surface area contributed by atoms with E-state index in [9.17, 15) is 0 Å². The molecule has 0 aliphatic carbocycles. The van der Waals surface area contributed by atoms with Gasteiger partial charge in [0.05, 0.1) is 0 Å². The molecule has 11 heavy (non-hydrogen) atoms. The normalized spacial score (nSPS) is 37.5. The molecule has 2 N–H and O–H groups in total. The van der Waals surface area contributed by atoms with Crippen molar-refractivity contribution < 1.29 is 10.2 Å². The van der Waals surface area contributed by atoms with Crippen LogP contribution in [0.15, 0.2) is 4.99 Å². The number of aliphatic hydroxyl groups is 2. The van der Waals surface area contributed by atoms with Crippen LogP contribution in [0.25, 0.3) is 0 Å². The Labute approximate surface area is 67.6 Å². The Balaban J connectivity index is 2.60. The highest BCUT2D eigenvalue weighted by Gasteiger charge is 2.27. The van der Waals surface area contributed by atoms with E-state index in [0.29, 0.717) is 12.4 Å². The molecule has 3 atom stereocenters. The topological polar surface area (TPSA) is 52.8 Å². The maximum atomic E-state index is 8.99. The number of nitrogens with zero attached hydrogens (tertiary/aromatic N) is 1. The van der Waals surface area contributed by atoms with Crippen LogP contribution in [-0.2, 0) is 0 Å². The van der Waals surface area contributed by atoms with Crippen molar-refractivity contribution in [3.63, 3.8) is 0 Å². The molecule has 0 saturated heterocycles. The zero-order chi connectivity index (χ0) is 8.27. The summed E-state index contributed by atoms with van der Waals surface area (Å²) in [6, 6.07) is 0. The first-order chi connectivity index (χ1) is 5.29. The maximum absolute atomic E-state index is 8.99. The van der Waals surface area contributed by atoms with E-state index in [1.165, 1.54) is 0 Å². The van der Waals surface area contributed by atoms with Gasteiger partial charge in [0.25, 0.3) is 0 Å². The highest BCUT2D eigenvalue weighted by molar-refractivity contribution is 6.20. The van der Waals surface area contributed by atoms with Crippen molar-refractivity contribution in [3.05, 3.63) is 0 Å². The SMILES string of the molecule is BC1C=NCC(CO)C1CO. The maximum Gasteiger partial charge on any atom is 0.112 e. The molecule has 0 aromatic heterocycles. The van der Waals surface area contributed by atoms with Crippen LogP contribution in [0.5, 0.6) is 0 Å². The van der Waals surface area contributed by atoms with Gasteiger partial charge in [-0.25, -0.2) is 0 Å². The fourth-order valence-electron chi connectivity index (χ4n) is 1.55. The number of hydrogen-bond donors (Lipinski definition) is 2. The van der Waals surface area contributed by atoms with Crippen molar-refractivity contribution in [3.8, 4) is 0 Å². The number of aliphatic imine (C=N–C) groups is 1. The zero-order valence-corrected chi connectivity index (χ0v) is 6.77. The van der Waals surface area contributed by atoms with E-state index < -0.39 is 0 Å². The largest absolute Gasteiger partial charge is 0.396 e. The van der Waals surface area contributed by atoms with Crippen LogP contribution in [0.2, 0.25) is 5.82 Å². The summed E-state index contributed by atoms with van der Waals surface area (Å²) in [5, 5.41) is 17.9. The average molecular weight is 155 g/mol. The second-order valence-corrected chi connectivity index (χ2v) is 3.16. The van der Waals surface area contributed by atoms with Gasteiger partial charge in [-0.1, -0.05) is 0 Å². The molecule has 3 nitrogen and oxygen atoms in total. The summed E-state index contributed by atoms with van der Waals surface area (Å²) in [7, 11) is 2.02. The van der Waals surface area contributed by atoms with Crippen LogP contribution in [-0.4, -0.2) is 44.0 Å². The summed E-state index contributed by atoms with van der Waals surface area (Å²) in [6.07, 6.45) is 1.87. The summed E-state index contributed by atoms with van der Waals surface area (Å²) in [5.41, 5.74) is 0. The van der Waals surface area contributed by atoms with Gasteiger partial charge in [-0.3, -0.25) is 4.99 Å². The minimum absolute atomic E-state index is 0.132. The van der Waals surface area contributed by atoms with Gasteiger partial charge in [0.1, 0.15) is 7.85 Å². The highest BCUT2D eigenvalue weighted by atomic mass is 16.3. The van der Waals surface area contributed by atoms with Crippen molar-refractivity contribution in [2.75, 3.05) is 19.8 Å². The fourth-order valence-corrected chi connectivity index (χ4v) is 1.55. The van der Waals surface area contributed by atoms with Crippen molar-refractivity contribution in [1.82, 2.24) is 0 Å². The van der Waals surface area contributed by atoms with Gasteiger partial charge < -0.3 is 10.2 Å². The minimum Gasteiger partial charge on any atom is -0.396 e. The van der Waals surface area contributed by atoms with Gasteiger partial charge in [0, 0.05) is 25.7 Å². The molecular formula is C7H14BNO2. The quantitative estimate of drug-likeness (QED) is 0.487. The van der Waals surface area contributed by atoms with Gasteiger partial charge in [0.15, 0.2) is 0 Å². The smallest absolute Gasteiger partial charge is 0.112 e. The first-order valence-corrected chi connectivity index (χ1v) is 4.01. The molecule has 1 rings (SSSR count). The number of hydrogen-bond acceptors (Lipinski definition) is 3. The molecule has 4 heteroatoms. The third kappa shape index (κ3) is 1.82. The lowest BCUT2D eigenvalue weighted by Gasteiger charge is -2.29. The monoisotopic (exact) mass is 155 g/mol. The molecule has 0 radical (unpaired) electrons. The molecular weight excluding hydrogens is 141 g/mol. The molecule has 0 bridgehead atoms. The molecule has 0 spiro atoms. The molecule has 0 aromatic rings. The van der Waals surface area contributed by atoms with Gasteiger partial charge >= 0.3 is 0 Å². The van der Waals surface area contributed by atoms with Crippen LogP contribution >= 0.6 is 0 Å². The molecule has 1 aliphatic heterocycles. The second kappa shape index (κ2) is 3.88. The third-order valence-electron chi connectivity index (χ3n) is 2.41. The average Bonchev–Trinajstić information content (AvgIpc) is 2.04. The molecule has 0 amide bonds. The van der Waals surface area contributed by atoms with E-state index in [4.69, 9.17) is 10.2 Å². The fraction of sp³-hybridized carbons (Fsp3) is 0.857. The first-order valence-electron chi connectivity index (χ1n) is 4.01. The van der Waals surface area contributed by atoms with E-state index >= 15 is 0 Å². The van der Waals surface area contributed by atoms with Crippen LogP contribution in [0, 0.1) is 11.8 Å². The van der Waals surface area contributed by atoms with Gasteiger partial charge in [0.2, 0.25) is 0 Å². The van der Waals surface area contributed by atoms with E-state index in [1.807, 2.05) is 14.1 Å². The molecule has 1 heterocycles. The molecule has 3 unspecified atom stereocenters. The second-order valence-electron chi connectivity index (χ2n) is 3.16. The Hall–Kier alpha value is -0.345. The summed E-state index contributed by atoms with van der Waals surface area (Å²) >= 11 is 0. The predicted octanol–water partition coefficient (Wildman–Crippen LogP) is -1.29. The van der Waals surface area contributed by atoms with E-state index in [1.54, 1.807) is 0 Å². The van der Waals surface area contributed by atoms with Crippen LogP contribution in [0.4, 0.5) is 0 Å². The first kappa shape index (κ1) is 8.75. The molecule has 0 aromatic carbocycles. The molecule has 0 saturated carbocycles. The lowest BCUT2D eigenvalue weighted by Crippen LogP contribution is -2.32. The van der Waals surface area contributed by atoms with Gasteiger partial charge in [-0.05, 0) is 17.9 Å². The van der Waals surface area contributed by atoms with Crippen LogP contribution in [0.1, 0.15) is 0 Å². The standard InChI is InChI=1S/C7H14BNO2/c8-7-2-9-1-5(3-10)6(7)4-11/h2,5-7,10-11H,1,3-4,8H2. The van der Waals surface area contributed by atoms with E-state index in [0.717, 1.165) is 0 Å². The summed E-state index contributed by atoms with van der Waals surface area (Å²) in [6.45, 7) is 0.942. The van der Waals surface area contributed by atoms with Gasteiger partial charge in [-0.2, -0.15) is 0 Å². The predicted molar refractivity (Wildman–Crippen MR) is 46.8 cm³/mol. The highest BCUT2D eigenvalue weighted by Crippen LogP contribution is 2.25. The van der Waals surface area contributed by atoms with Crippen LogP contribution < -0.4 is 0 Å².